The number of alkyl halides is 1. The van der Waals surface area contributed by atoms with Gasteiger partial charge in [-0.05, 0) is 24.5 Å². The molecule has 2 rings (SSSR count). The van der Waals surface area contributed by atoms with Crippen LogP contribution in [0.4, 0.5) is 4.39 Å². The maximum Gasteiger partial charge on any atom is 0.336 e. The molecule has 1 aliphatic rings. The normalized spacial score (nSPS) is 26.5. The Morgan fingerprint density at radius 1 is 1.48 bits per heavy atom. The molecule has 0 saturated carbocycles. The number of rotatable bonds is 5. The van der Waals surface area contributed by atoms with Gasteiger partial charge >= 0.3 is 11.9 Å². The average molecular weight is 352 g/mol. The van der Waals surface area contributed by atoms with Crippen molar-refractivity contribution >= 4 is 11.9 Å². The van der Waals surface area contributed by atoms with Crippen molar-refractivity contribution in [3.05, 3.63) is 35.3 Å². The van der Waals surface area contributed by atoms with Crippen molar-refractivity contribution in [1.29, 1.82) is 0 Å². The zero-order chi connectivity index (χ0) is 18.9. The van der Waals surface area contributed by atoms with Crippen LogP contribution in [-0.4, -0.2) is 41.4 Å². The SMILES string of the molecule is COC(=O)C1=C(CF)NC(C)C(C(=O)O)(C(C)C)C1c1ccn(C)c1. The van der Waals surface area contributed by atoms with Crippen LogP contribution < -0.4 is 5.32 Å². The molecule has 1 aromatic rings. The van der Waals surface area contributed by atoms with Crippen molar-refractivity contribution in [3.63, 3.8) is 0 Å². The first-order chi connectivity index (χ1) is 11.7. The van der Waals surface area contributed by atoms with Crippen LogP contribution in [0.15, 0.2) is 29.7 Å². The van der Waals surface area contributed by atoms with Gasteiger partial charge in [0.15, 0.2) is 0 Å². The minimum absolute atomic E-state index is 0.0467. The Morgan fingerprint density at radius 2 is 2.12 bits per heavy atom. The number of nitrogens with one attached hydrogen (secondary N) is 1. The number of halogens is 1. The van der Waals surface area contributed by atoms with Gasteiger partial charge in [-0.2, -0.15) is 0 Å². The molecule has 3 atom stereocenters. The second-order valence-electron chi connectivity index (χ2n) is 6.82. The van der Waals surface area contributed by atoms with Crippen LogP contribution in [0.2, 0.25) is 0 Å². The third-order valence-electron chi connectivity index (χ3n) is 5.25. The minimum Gasteiger partial charge on any atom is -0.481 e. The lowest BCUT2D eigenvalue weighted by molar-refractivity contribution is -0.156. The summed E-state index contributed by atoms with van der Waals surface area (Å²) in [5.41, 5.74) is -0.543. The van der Waals surface area contributed by atoms with Crippen LogP contribution in [0.5, 0.6) is 0 Å². The molecule has 1 aliphatic heterocycles. The summed E-state index contributed by atoms with van der Waals surface area (Å²) in [5.74, 6) is -2.89. The molecule has 6 nitrogen and oxygen atoms in total. The van der Waals surface area contributed by atoms with Gasteiger partial charge in [-0.1, -0.05) is 13.8 Å². The topological polar surface area (TPSA) is 80.6 Å². The molecule has 0 aliphatic carbocycles. The van der Waals surface area contributed by atoms with Gasteiger partial charge in [0, 0.05) is 31.4 Å². The number of aliphatic carboxylic acids is 1. The van der Waals surface area contributed by atoms with Gasteiger partial charge in [-0.3, -0.25) is 4.79 Å². The van der Waals surface area contributed by atoms with E-state index in [0.717, 1.165) is 0 Å². The van der Waals surface area contributed by atoms with Crippen LogP contribution in [0.25, 0.3) is 0 Å². The smallest absolute Gasteiger partial charge is 0.336 e. The van der Waals surface area contributed by atoms with Gasteiger partial charge in [0.2, 0.25) is 0 Å². The summed E-state index contributed by atoms with van der Waals surface area (Å²) in [4.78, 5) is 24.9. The Labute approximate surface area is 146 Å². The summed E-state index contributed by atoms with van der Waals surface area (Å²) in [5, 5.41) is 13.1. The second-order valence-corrected chi connectivity index (χ2v) is 6.82. The maximum atomic E-state index is 13.7. The number of nitrogens with zero attached hydrogens (tertiary/aromatic N) is 1. The van der Waals surface area contributed by atoms with E-state index in [9.17, 15) is 19.1 Å². The van der Waals surface area contributed by atoms with E-state index in [-0.39, 0.29) is 17.2 Å². The van der Waals surface area contributed by atoms with Gasteiger partial charge in [0.05, 0.1) is 18.4 Å². The summed E-state index contributed by atoms with van der Waals surface area (Å²) in [6.07, 6.45) is 3.54. The quantitative estimate of drug-likeness (QED) is 0.795. The Hall–Kier alpha value is -2.31. The van der Waals surface area contributed by atoms with Crippen molar-refractivity contribution in [2.24, 2.45) is 18.4 Å². The number of allylic oxidation sites excluding steroid dienone is 1. The zero-order valence-electron chi connectivity index (χ0n) is 15.2. The highest BCUT2D eigenvalue weighted by Gasteiger charge is 2.58. The molecule has 138 valence electrons. The summed E-state index contributed by atoms with van der Waals surface area (Å²) >= 11 is 0. The molecule has 0 bridgehead atoms. The van der Waals surface area contributed by atoms with Crippen molar-refractivity contribution in [2.75, 3.05) is 13.8 Å². The number of carbonyl (C=O) groups is 2. The predicted molar refractivity (Wildman–Crippen MR) is 90.7 cm³/mol. The zero-order valence-corrected chi connectivity index (χ0v) is 15.2. The molecule has 3 unspecified atom stereocenters. The molecular weight excluding hydrogens is 327 g/mol. The third kappa shape index (κ3) is 2.81. The van der Waals surface area contributed by atoms with E-state index in [1.165, 1.54) is 7.11 Å². The van der Waals surface area contributed by atoms with Gasteiger partial charge in [-0.15, -0.1) is 0 Å². The highest BCUT2D eigenvalue weighted by molar-refractivity contribution is 5.94. The molecule has 0 amide bonds. The number of hydrogen-bond donors (Lipinski definition) is 2. The van der Waals surface area contributed by atoms with Crippen molar-refractivity contribution in [2.45, 2.75) is 32.7 Å². The molecule has 1 aromatic heterocycles. The Bertz CT molecular complexity index is 710. The fraction of sp³-hybridized carbons (Fsp3) is 0.556. The highest BCUT2D eigenvalue weighted by atomic mass is 19.1. The summed E-state index contributed by atoms with van der Waals surface area (Å²) in [6.45, 7) is 4.43. The van der Waals surface area contributed by atoms with E-state index in [4.69, 9.17) is 4.74 Å². The van der Waals surface area contributed by atoms with Crippen LogP contribution in [0.1, 0.15) is 32.3 Å². The largest absolute Gasteiger partial charge is 0.481 e. The van der Waals surface area contributed by atoms with Crippen LogP contribution in [0, 0.1) is 11.3 Å². The number of esters is 1. The van der Waals surface area contributed by atoms with Crippen LogP contribution >= 0.6 is 0 Å². The van der Waals surface area contributed by atoms with Crippen molar-refractivity contribution in [1.82, 2.24) is 9.88 Å². The average Bonchev–Trinajstić information content (AvgIpc) is 2.98. The van der Waals surface area contributed by atoms with Gasteiger partial charge in [0.25, 0.3) is 0 Å². The first-order valence-electron chi connectivity index (χ1n) is 8.20. The standard InChI is InChI=1S/C18H25FN2O4/c1-10(2)18(17(23)24)11(3)20-13(8-19)14(16(22)25-5)15(18)12-6-7-21(4)9-12/h6-7,9-11,15,20H,8H2,1-5H3,(H,23,24). The fourth-order valence-electron chi connectivity index (χ4n) is 4.11. The molecule has 0 aromatic carbocycles. The molecule has 0 fully saturated rings. The van der Waals surface area contributed by atoms with Gasteiger partial charge in [0.1, 0.15) is 12.1 Å². The van der Waals surface area contributed by atoms with E-state index >= 15 is 0 Å². The van der Waals surface area contributed by atoms with E-state index in [1.807, 2.05) is 7.05 Å². The number of ether oxygens (including phenoxy) is 1. The number of hydrogen-bond acceptors (Lipinski definition) is 4. The lowest BCUT2D eigenvalue weighted by Gasteiger charge is -2.49. The van der Waals surface area contributed by atoms with Crippen LogP contribution in [-0.2, 0) is 21.4 Å². The number of methoxy groups -OCH3 is 1. The minimum atomic E-state index is -1.33. The number of carboxylic acids is 1. The number of carbonyl (C=O) groups excluding carboxylic acids is 1. The maximum absolute atomic E-state index is 13.7. The molecule has 0 saturated heterocycles. The Morgan fingerprint density at radius 3 is 2.52 bits per heavy atom. The lowest BCUT2D eigenvalue weighted by Crippen LogP contribution is -2.59. The summed E-state index contributed by atoms with van der Waals surface area (Å²) in [7, 11) is 3.02. The molecule has 0 spiro atoms. The van der Waals surface area contributed by atoms with Gasteiger partial charge in [-0.25, -0.2) is 9.18 Å². The highest BCUT2D eigenvalue weighted by Crippen LogP contribution is 2.52. The first-order valence-corrected chi connectivity index (χ1v) is 8.20. The van der Waals surface area contributed by atoms with E-state index in [2.05, 4.69) is 5.32 Å². The van der Waals surface area contributed by atoms with Crippen molar-refractivity contribution < 1.29 is 23.8 Å². The van der Waals surface area contributed by atoms with Gasteiger partial charge < -0.3 is 19.7 Å². The molecule has 25 heavy (non-hydrogen) atoms. The Kier molecular flexibility index (Phi) is 5.25. The molecule has 2 N–H and O–H groups in total. The third-order valence-corrected chi connectivity index (χ3v) is 5.25. The number of carboxylic acid groups (broad SMARTS) is 1. The molecule has 0 radical (unpaired) electrons. The molecular formula is C18H25FN2O4. The van der Waals surface area contributed by atoms with Crippen LogP contribution in [0.3, 0.4) is 0 Å². The van der Waals surface area contributed by atoms with E-state index < -0.39 is 36.0 Å². The summed E-state index contributed by atoms with van der Waals surface area (Å²) in [6, 6.07) is 1.19. The van der Waals surface area contributed by atoms with E-state index in [1.54, 1.807) is 43.8 Å². The number of aryl methyl sites for hydroxylation is 1. The monoisotopic (exact) mass is 352 g/mol. The molecule has 7 heteroatoms. The lowest BCUT2D eigenvalue weighted by atomic mass is 9.57. The van der Waals surface area contributed by atoms with E-state index in [0.29, 0.717) is 5.56 Å². The Balaban J connectivity index is 2.86. The number of aromatic nitrogens is 1. The summed E-state index contributed by atoms with van der Waals surface area (Å²) < 4.78 is 20.3. The molecule has 2 heterocycles. The fourth-order valence-corrected chi connectivity index (χ4v) is 4.11. The predicted octanol–water partition coefficient (Wildman–Crippen LogP) is 2.22. The first kappa shape index (κ1) is 19.0. The second kappa shape index (κ2) is 6.90. The van der Waals surface area contributed by atoms with Crippen molar-refractivity contribution in [3.8, 4) is 0 Å².